The van der Waals surface area contributed by atoms with Gasteiger partial charge in [0.2, 0.25) is 0 Å². The van der Waals surface area contributed by atoms with Crippen LogP contribution in [0.4, 0.5) is 10.1 Å². The fourth-order valence-corrected chi connectivity index (χ4v) is 6.40. The van der Waals surface area contributed by atoms with Crippen molar-refractivity contribution in [2.75, 3.05) is 18.0 Å². The first-order chi connectivity index (χ1) is 18.9. The van der Waals surface area contributed by atoms with Gasteiger partial charge in [0.1, 0.15) is 11.6 Å². The lowest BCUT2D eigenvalue weighted by atomic mass is 9.95. The van der Waals surface area contributed by atoms with Crippen molar-refractivity contribution in [2.24, 2.45) is 7.05 Å². The number of hydrogen-bond acceptors (Lipinski definition) is 5. The van der Waals surface area contributed by atoms with Gasteiger partial charge in [-0.25, -0.2) is 9.18 Å². The summed E-state index contributed by atoms with van der Waals surface area (Å²) < 4.78 is 18.0. The highest BCUT2D eigenvalue weighted by atomic mass is 35.5. The summed E-state index contributed by atoms with van der Waals surface area (Å²) in [7, 11) is 1.66. The number of rotatable bonds is 4. The van der Waals surface area contributed by atoms with Gasteiger partial charge >= 0.3 is 5.69 Å². The van der Waals surface area contributed by atoms with E-state index in [9.17, 15) is 9.90 Å². The number of fused-ring (bicyclic) bond motifs is 3. The highest BCUT2D eigenvalue weighted by Gasteiger charge is 2.37. The number of piperazine rings is 1. The Morgan fingerprint density at radius 2 is 1.74 bits per heavy atom. The lowest BCUT2D eigenvalue weighted by Crippen LogP contribution is -2.52. The van der Waals surface area contributed by atoms with Gasteiger partial charge < -0.3 is 19.9 Å². The number of imidazole rings is 1. The van der Waals surface area contributed by atoms with Crippen LogP contribution in [-0.2, 0) is 7.05 Å². The quantitative estimate of drug-likeness (QED) is 0.302. The molecular weight excluding hydrogens is 519 g/mol. The van der Waals surface area contributed by atoms with Crippen LogP contribution >= 0.6 is 11.6 Å². The Kier molecular flexibility index (Phi) is 5.54. The second kappa shape index (κ2) is 9.00. The molecule has 2 fully saturated rings. The van der Waals surface area contributed by atoms with Crippen molar-refractivity contribution < 1.29 is 9.50 Å². The summed E-state index contributed by atoms with van der Waals surface area (Å²) >= 11 is 6.57. The number of hydrogen-bond donors (Lipinski definition) is 3. The number of aromatic nitrogens is 4. The summed E-state index contributed by atoms with van der Waals surface area (Å²) in [6.07, 6.45) is 7.34. The first kappa shape index (κ1) is 24.0. The predicted octanol–water partition coefficient (Wildman–Crippen LogP) is 4.83. The molecule has 0 radical (unpaired) electrons. The average Bonchev–Trinajstić information content (AvgIpc) is 3.60. The van der Waals surface area contributed by atoms with Gasteiger partial charge in [-0.15, -0.1) is 0 Å². The van der Waals surface area contributed by atoms with Gasteiger partial charge in [-0.1, -0.05) is 17.7 Å². The van der Waals surface area contributed by atoms with E-state index >= 15 is 4.39 Å². The topological polar surface area (TPSA) is 91.1 Å². The molecule has 5 aromatic rings. The zero-order valence-corrected chi connectivity index (χ0v) is 21.9. The van der Waals surface area contributed by atoms with E-state index in [1.807, 2.05) is 18.3 Å². The first-order valence-corrected chi connectivity index (χ1v) is 13.3. The van der Waals surface area contributed by atoms with Crippen molar-refractivity contribution in [3.63, 3.8) is 0 Å². The van der Waals surface area contributed by atoms with Crippen LogP contribution in [0.2, 0.25) is 5.02 Å². The Labute approximate surface area is 228 Å². The minimum atomic E-state index is -0.481. The maximum absolute atomic E-state index is 15.1. The Balaban J connectivity index is 1.35. The van der Waals surface area contributed by atoms with E-state index in [1.165, 1.54) is 21.3 Å². The molecule has 2 unspecified atom stereocenters. The molecule has 2 atom stereocenters. The second-order valence-electron chi connectivity index (χ2n) is 10.4. The molecule has 0 spiro atoms. The number of phenolic OH excluding ortho intramolecular Hbond substituents is 1. The van der Waals surface area contributed by atoms with Crippen LogP contribution in [-0.4, -0.2) is 49.6 Å². The standard InChI is InChI=1S/C29H26ClFN6O2/c1-35-6-7-36(29(35)39)26-5-2-16(8-24(26)30)21-11-18(31)12-22(28(21)38)17-9-25-23(15-33-34-25)27(10-17)37-19-3-4-20(37)14-32-13-19/h2,5-12,15,19-20,32,38H,3-4,13-14H2,1H3,(H,33,34). The number of aromatic amines is 1. The van der Waals surface area contributed by atoms with E-state index in [1.54, 1.807) is 37.6 Å². The van der Waals surface area contributed by atoms with E-state index in [4.69, 9.17) is 11.6 Å². The van der Waals surface area contributed by atoms with Crippen LogP contribution in [0, 0.1) is 5.82 Å². The molecule has 8 nitrogen and oxygen atoms in total. The van der Waals surface area contributed by atoms with Crippen LogP contribution in [0.3, 0.4) is 0 Å². The number of phenols is 1. The Hall–Kier alpha value is -4.08. The minimum absolute atomic E-state index is 0.0507. The number of anilines is 1. The third-order valence-corrected chi connectivity index (χ3v) is 8.35. The number of aryl methyl sites for hydroxylation is 1. The van der Waals surface area contributed by atoms with Crippen LogP contribution in [0.25, 0.3) is 38.8 Å². The lowest BCUT2D eigenvalue weighted by Gasteiger charge is -2.37. The van der Waals surface area contributed by atoms with Gasteiger partial charge in [0.15, 0.2) is 0 Å². The van der Waals surface area contributed by atoms with Gasteiger partial charge in [0.25, 0.3) is 0 Å². The maximum Gasteiger partial charge on any atom is 0.332 e. The minimum Gasteiger partial charge on any atom is -0.507 e. The third-order valence-electron chi connectivity index (χ3n) is 8.05. The molecule has 2 aromatic heterocycles. The largest absolute Gasteiger partial charge is 0.507 e. The van der Waals surface area contributed by atoms with E-state index in [0.717, 1.165) is 42.5 Å². The van der Waals surface area contributed by atoms with Crippen molar-refractivity contribution in [2.45, 2.75) is 24.9 Å². The first-order valence-electron chi connectivity index (χ1n) is 12.9. The van der Waals surface area contributed by atoms with Gasteiger partial charge in [-0.05, 0) is 60.4 Å². The van der Waals surface area contributed by atoms with Crippen molar-refractivity contribution in [1.82, 2.24) is 24.6 Å². The number of benzene rings is 3. The number of aromatic hydroxyl groups is 1. The van der Waals surface area contributed by atoms with E-state index in [2.05, 4.69) is 20.4 Å². The zero-order valence-electron chi connectivity index (χ0n) is 21.2. The third kappa shape index (κ3) is 3.84. The molecule has 2 saturated heterocycles. The van der Waals surface area contributed by atoms with Gasteiger partial charge in [0, 0.05) is 66.8 Å². The molecule has 2 aliphatic rings. The molecule has 0 amide bonds. The Morgan fingerprint density at radius 3 is 2.44 bits per heavy atom. The molecule has 39 heavy (non-hydrogen) atoms. The molecular formula is C29H26ClFN6O2. The smallest absolute Gasteiger partial charge is 0.332 e. The van der Waals surface area contributed by atoms with E-state index in [-0.39, 0.29) is 11.4 Å². The summed E-state index contributed by atoms with van der Waals surface area (Å²) in [5.41, 5.74) is 4.05. The zero-order chi connectivity index (χ0) is 26.8. The number of halogens is 2. The Morgan fingerprint density at radius 1 is 1.00 bits per heavy atom. The second-order valence-corrected chi connectivity index (χ2v) is 10.8. The van der Waals surface area contributed by atoms with Crippen LogP contribution in [0.5, 0.6) is 5.75 Å². The van der Waals surface area contributed by atoms with Crippen molar-refractivity contribution in [3.8, 4) is 33.7 Å². The summed E-state index contributed by atoms with van der Waals surface area (Å²) in [5.74, 6) is -0.532. The Bertz CT molecular complexity index is 1790. The van der Waals surface area contributed by atoms with E-state index in [0.29, 0.717) is 45.0 Å². The summed E-state index contributed by atoms with van der Waals surface area (Å²) in [4.78, 5) is 14.9. The highest BCUT2D eigenvalue weighted by molar-refractivity contribution is 6.32. The summed E-state index contributed by atoms with van der Waals surface area (Å²) in [6, 6.07) is 12.4. The fourth-order valence-electron chi connectivity index (χ4n) is 6.13. The van der Waals surface area contributed by atoms with E-state index < -0.39 is 5.82 Å². The SMILES string of the molecule is Cn1ccn(-c2ccc(-c3cc(F)cc(-c4cc(N5C6CCC5CNC6)c5cn[nH]c5c4)c3O)cc2Cl)c1=O. The molecule has 7 rings (SSSR count). The summed E-state index contributed by atoms with van der Waals surface area (Å²) in [5, 5.41) is 23.6. The molecule has 3 N–H and O–H groups in total. The van der Waals surface area contributed by atoms with Crippen LogP contribution in [0.1, 0.15) is 12.8 Å². The highest BCUT2D eigenvalue weighted by Crippen LogP contribution is 2.44. The van der Waals surface area contributed by atoms with Crippen molar-refractivity contribution >= 4 is 28.2 Å². The van der Waals surface area contributed by atoms with Gasteiger partial charge in [-0.2, -0.15) is 5.10 Å². The summed E-state index contributed by atoms with van der Waals surface area (Å²) in [6.45, 7) is 1.84. The average molecular weight is 545 g/mol. The van der Waals surface area contributed by atoms with Crippen LogP contribution in [0.15, 0.2) is 65.8 Å². The molecule has 0 saturated carbocycles. The lowest BCUT2D eigenvalue weighted by molar-refractivity contribution is 0.477. The number of nitrogens with one attached hydrogen (secondary N) is 2. The molecule has 198 valence electrons. The predicted molar refractivity (Wildman–Crippen MR) is 150 cm³/mol. The molecule has 3 aromatic carbocycles. The number of nitrogens with zero attached hydrogens (tertiary/aromatic N) is 4. The molecule has 10 heteroatoms. The van der Waals surface area contributed by atoms with Crippen LogP contribution < -0.4 is 15.9 Å². The maximum atomic E-state index is 15.1. The fraction of sp³-hybridized carbons (Fsp3) is 0.241. The monoisotopic (exact) mass is 544 g/mol. The molecule has 4 heterocycles. The molecule has 2 aliphatic heterocycles. The number of H-pyrrole nitrogens is 1. The molecule has 2 bridgehead atoms. The van der Waals surface area contributed by atoms with Gasteiger partial charge in [-0.3, -0.25) is 9.67 Å². The van der Waals surface area contributed by atoms with Gasteiger partial charge in [0.05, 0.1) is 22.4 Å². The molecule has 0 aliphatic carbocycles. The van der Waals surface area contributed by atoms with Crippen molar-refractivity contribution in [3.05, 3.63) is 82.4 Å². The van der Waals surface area contributed by atoms with Crippen molar-refractivity contribution in [1.29, 1.82) is 0 Å². The normalized spacial score (nSPS) is 18.8.